The minimum Gasteiger partial charge on any atom is -0.469 e. The number of esters is 1. The zero-order chi connectivity index (χ0) is 15.4. The molecule has 1 amide bonds. The fourth-order valence-electron chi connectivity index (χ4n) is 1.67. The van der Waals surface area contributed by atoms with Crippen molar-refractivity contribution in [2.24, 2.45) is 0 Å². The molecule has 1 N–H and O–H groups in total. The molecule has 0 aliphatic heterocycles. The molecule has 6 heteroatoms. The maximum Gasteiger partial charge on any atom is 0.342 e. The van der Waals surface area contributed by atoms with Crippen LogP contribution < -0.4 is 5.32 Å². The van der Waals surface area contributed by atoms with Gasteiger partial charge in [0, 0.05) is 10.7 Å². The van der Waals surface area contributed by atoms with Crippen molar-refractivity contribution in [3.05, 3.63) is 52.4 Å². The molecule has 110 valence electrons. The third-order valence-electron chi connectivity index (χ3n) is 2.87. The lowest BCUT2D eigenvalue weighted by Gasteiger charge is -2.07. The Kier molecular flexibility index (Phi) is 4.65. The third-order valence-corrected chi connectivity index (χ3v) is 3.28. The Morgan fingerprint density at radius 3 is 2.67 bits per heavy atom. The van der Waals surface area contributed by atoms with Gasteiger partial charge in [0.2, 0.25) is 0 Å². The van der Waals surface area contributed by atoms with E-state index in [1.54, 1.807) is 25.1 Å². The van der Waals surface area contributed by atoms with Gasteiger partial charge < -0.3 is 14.5 Å². The molecule has 0 aliphatic rings. The molecule has 1 heterocycles. The normalized spacial score (nSPS) is 10.2. The molecule has 0 bridgehead atoms. The van der Waals surface area contributed by atoms with Crippen molar-refractivity contribution >= 4 is 29.2 Å². The Hall–Kier alpha value is -2.27. The highest BCUT2D eigenvalue weighted by Crippen LogP contribution is 2.19. The molecule has 0 fully saturated rings. The highest BCUT2D eigenvalue weighted by Gasteiger charge is 2.14. The molecular weight excluding hydrogens is 294 g/mol. The molecule has 0 aliphatic carbocycles. The first-order chi connectivity index (χ1) is 9.97. The van der Waals surface area contributed by atoms with Gasteiger partial charge in [-0.1, -0.05) is 17.7 Å². The van der Waals surface area contributed by atoms with E-state index in [2.05, 4.69) is 5.32 Å². The lowest BCUT2D eigenvalue weighted by atomic mass is 10.2. The monoisotopic (exact) mass is 307 g/mol. The average molecular weight is 308 g/mol. The summed E-state index contributed by atoms with van der Waals surface area (Å²) in [7, 11) is 0. The van der Waals surface area contributed by atoms with Crippen molar-refractivity contribution in [1.29, 1.82) is 0 Å². The molecule has 2 aromatic rings. The highest BCUT2D eigenvalue weighted by atomic mass is 35.5. The van der Waals surface area contributed by atoms with Gasteiger partial charge in [-0.3, -0.25) is 4.79 Å². The Morgan fingerprint density at radius 2 is 2.05 bits per heavy atom. The summed E-state index contributed by atoms with van der Waals surface area (Å²) in [5.74, 6) is -0.589. The molecule has 1 aromatic heterocycles. The second-order valence-corrected chi connectivity index (χ2v) is 4.89. The number of ether oxygens (including phenoxy) is 1. The van der Waals surface area contributed by atoms with Crippen molar-refractivity contribution in [2.45, 2.75) is 13.8 Å². The maximum absolute atomic E-state index is 11.7. The molecule has 1 aromatic carbocycles. The number of anilines is 1. The van der Waals surface area contributed by atoms with Gasteiger partial charge in [0.15, 0.2) is 6.61 Å². The number of halogens is 1. The van der Waals surface area contributed by atoms with Crippen LogP contribution in [0.25, 0.3) is 0 Å². The zero-order valence-electron chi connectivity index (χ0n) is 11.6. The average Bonchev–Trinajstić information content (AvgIpc) is 2.86. The first kappa shape index (κ1) is 15.1. The number of aryl methyl sites for hydroxylation is 2. The predicted octanol–water partition coefficient (Wildman–Crippen LogP) is 3.35. The molecule has 0 radical (unpaired) electrons. The van der Waals surface area contributed by atoms with E-state index >= 15 is 0 Å². The van der Waals surface area contributed by atoms with Gasteiger partial charge in [0.25, 0.3) is 5.91 Å². The standard InChI is InChI=1S/C15H14ClNO4/c1-9-3-4-11(7-13(9)16)17-14(18)8-21-15(19)12-5-6-20-10(12)2/h3-7H,8H2,1-2H3,(H,17,18). The number of hydrogen-bond donors (Lipinski definition) is 1. The van der Waals surface area contributed by atoms with Crippen molar-refractivity contribution in [3.63, 3.8) is 0 Å². The first-order valence-corrected chi connectivity index (χ1v) is 6.62. The van der Waals surface area contributed by atoms with Crippen LogP contribution in [-0.4, -0.2) is 18.5 Å². The quantitative estimate of drug-likeness (QED) is 0.880. The summed E-state index contributed by atoms with van der Waals surface area (Å²) in [4.78, 5) is 23.4. The smallest absolute Gasteiger partial charge is 0.342 e. The Balaban J connectivity index is 1.89. The van der Waals surface area contributed by atoms with Crippen LogP contribution in [0.2, 0.25) is 5.02 Å². The number of benzene rings is 1. The number of rotatable bonds is 4. The number of furan rings is 1. The number of nitrogens with one attached hydrogen (secondary N) is 1. The van der Waals surface area contributed by atoms with Crippen molar-refractivity contribution in [2.75, 3.05) is 11.9 Å². The van der Waals surface area contributed by atoms with E-state index in [-0.39, 0.29) is 6.61 Å². The molecule has 21 heavy (non-hydrogen) atoms. The first-order valence-electron chi connectivity index (χ1n) is 6.24. The lowest BCUT2D eigenvalue weighted by Crippen LogP contribution is -2.21. The van der Waals surface area contributed by atoms with E-state index < -0.39 is 11.9 Å². The highest BCUT2D eigenvalue weighted by molar-refractivity contribution is 6.31. The summed E-state index contributed by atoms with van der Waals surface area (Å²) in [5, 5.41) is 3.16. The molecule has 0 saturated heterocycles. The van der Waals surface area contributed by atoms with Gasteiger partial charge in [-0.05, 0) is 37.6 Å². The molecule has 2 rings (SSSR count). The van der Waals surface area contributed by atoms with Crippen molar-refractivity contribution < 1.29 is 18.7 Å². The minimum atomic E-state index is -0.599. The van der Waals surface area contributed by atoms with E-state index in [0.717, 1.165) is 5.56 Å². The molecular formula is C15H14ClNO4. The summed E-state index contributed by atoms with van der Waals surface area (Å²) < 4.78 is 9.91. The second-order valence-electron chi connectivity index (χ2n) is 4.48. The number of carbonyl (C=O) groups is 2. The van der Waals surface area contributed by atoms with E-state index in [9.17, 15) is 9.59 Å². The number of amides is 1. The number of hydrogen-bond acceptors (Lipinski definition) is 4. The summed E-state index contributed by atoms with van der Waals surface area (Å²) in [6, 6.07) is 6.64. The SMILES string of the molecule is Cc1ccc(NC(=O)COC(=O)c2ccoc2C)cc1Cl. The Bertz CT molecular complexity index is 678. The van der Waals surface area contributed by atoms with Gasteiger partial charge in [0.1, 0.15) is 11.3 Å². The van der Waals surface area contributed by atoms with Gasteiger partial charge in [-0.25, -0.2) is 4.79 Å². The lowest BCUT2D eigenvalue weighted by molar-refractivity contribution is -0.119. The van der Waals surface area contributed by atoms with Crippen LogP contribution in [0.15, 0.2) is 34.9 Å². The van der Waals surface area contributed by atoms with Crippen LogP contribution in [0.1, 0.15) is 21.7 Å². The van der Waals surface area contributed by atoms with Crippen LogP contribution in [0.3, 0.4) is 0 Å². The van der Waals surface area contributed by atoms with Crippen LogP contribution >= 0.6 is 11.6 Å². The van der Waals surface area contributed by atoms with E-state index in [0.29, 0.717) is 22.0 Å². The zero-order valence-corrected chi connectivity index (χ0v) is 12.4. The van der Waals surface area contributed by atoms with E-state index in [4.69, 9.17) is 20.8 Å². The molecule has 0 spiro atoms. The molecule has 5 nitrogen and oxygen atoms in total. The molecule has 0 atom stereocenters. The summed E-state index contributed by atoms with van der Waals surface area (Å²) in [5.41, 5.74) is 1.77. The van der Waals surface area contributed by atoms with E-state index in [1.807, 2.05) is 6.92 Å². The Labute approximate surface area is 126 Å². The fraction of sp³-hybridized carbons (Fsp3) is 0.200. The Morgan fingerprint density at radius 1 is 1.29 bits per heavy atom. The summed E-state index contributed by atoms with van der Waals surface area (Å²) in [6.45, 7) is 3.13. The van der Waals surface area contributed by atoms with Crippen molar-refractivity contribution in [3.8, 4) is 0 Å². The van der Waals surface area contributed by atoms with Gasteiger partial charge in [-0.2, -0.15) is 0 Å². The van der Waals surface area contributed by atoms with E-state index in [1.165, 1.54) is 12.3 Å². The van der Waals surface area contributed by atoms with Crippen molar-refractivity contribution in [1.82, 2.24) is 0 Å². The third kappa shape index (κ3) is 3.86. The predicted molar refractivity (Wildman–Crippen MR) is 78.5 cm³/mol. The minimum absolute atomic E-state index is 0.307. The summed E-state index contributed by atoms with van der Waals surface area (Å²) in [6.07, 6.45) is 1.39. The molecule has 0 saturated carbocycles. The largest absolute Gasteiger partial charge is 0.469 e. The second kappa shape index (κ2) is 6.45. The van der Waals surface area contributed by atoms with Crippen LogP contribution in [0.4, 0.5) is 5.69 Å². The number of carbonyl (C=O) groups excluding carboxylic acids is 2. The van der Waals surface area contributed by atoms with Gasteiger partial charge >= 0.3 is 5.97 Å². The van der Waals surface area contributed by atoms with Crippen LogP contribution in [-0.2, 0) is 9.53 Å². The maximum atomic E-state index is 11.7. The van der Waals surface area contributed by atoms with Crippen LogP contribution in [0.5, 0.6) is 0 Å². The van der Waals surface area contributed by atoms with Gasteiger partial charge in [0.05, 0.1) is 6.26 Å². The van der Waals surface area contributed by atoms with Crippen LogP contribution in [0, 0.1) is 13.8 Å². The summed E-state index contributed by atoms with van der Waals surface area (Å²) >= 11 is 5.96. The van der Waals surface area contributed by atoms with Gasteiger partial charge in [-0.15, -0.1) is 0 Å². The topological polar surface area (TPSA) is 68.5 Å². The molecule has 0 unspecified atom stereocenters. The fourth-order valence-corrected chi connectivity index (χ4v) is 1.85.